The molecule has 2 aromatic rings. The highest BCUT2D eigenvalue weighted by molar-refractivity contribution is 5.87. The molecule has 6 heteroatoms. The lowest BCUT2D eigenvalue weighted by Crippen LogP contribution is -2.39. The number of carbonyl (C=O) groups excluding carboxylic acids is 1. The van der Waals surface area contributed by atoms with Crippen LogP contribution in [0.2, 0.25) is 0 Å². The Morgan fingerprint density at radius 3 is 2.55 bits per heavy atom. The first-order valence-corrected chi connectivity index (χ1v) is 10.9. The van der Waals surface area contributed by atoms with E-state index in [2.05, 4.69) is 13.2 Å². The lowest BCUT2D eigenvalue weighted by molar-refractivity contribution is -0.213. The van der Waals surface area contributed by atoms with Gasteiger partial charge in [-0.2, -0.15) is 0 Å². The summed E-state index contributed by atoms with van der Waals surface area (Å²) in [4.78, 5) is 12.0. The van der Waals surface area contributed by atoms with E-state index in [4.69, 9.17) is 23.7 Å². The molecule has 2 unspecified atom stereocenters. The zero-order chi connectivity index (χ0) is 24.0. The molecule has 0 N–H and O–H groups in total. The van der Waals surface area contributed by atoms with Crippen molar-refractivity contribution in [2.45, 2.75) is 58.4 Å². The summed E-state index contributed by atoms with van der Waals surface area (Å²) in [5.41, 5.74) is 3.23. The third-order valence-electron chi connectivity index (χ3n) is 5.26. The van der Waals surface area contributed by atoms with Crippen LogP contribution in [-0.4, -0.2) is 25.0 Å². The van der Waals surface area contributed by atoms with Crippen LogP contribution in [0.25, 0.3) is 0 Å². The molecule has 0 spiro atoms. The van der Waals surface area contributed by atoms with Crippen molar-refractivity contribution in [3.05, 3.63) is 84.0 Å². The Morgan fingerprint density at radius 2 is 1.91 bits per heavy atom. The second-order valence-corrected chi connectivity index (χ2v) is 8.47. The Kier molecular flexibility index (Phi) is 7.95. The molecule has 33 heavy (non-hydrogen) atoms. The SMILES string of the molecule is C=CC(CC1OC(C)(C)Oc2cccc(COCc3ccc(OC)cc3)c21)OC(=O)C(=C)C. The summed E-state index contributed by atoms with van der Waals surface area (Å²) >= 11 is 0. The van der Waals surface area contributed by atoms with Gasteiger partial charge in [-0.1, -0.05) is 43.5 Å². The van der Waals surface area contributed by atoms with E-state index in [0.29, 0.717) is 25.2 Å². The number of esters is 1. The summed E-state index contributed by atoms with van der Waals surface area (Å²) in [6.45, 7) is 13.6. The highest BCUT2D eigenvalue weighted by atomic mass is 16.7. The minimum Gasteiger partial charge on any atom is -0.497 e. The molecular formula is C27H32O6. The monoisotopic (exact) mass is 452 g/mol. The van der Waals surface area contributed by atoms with Crippen molar-refractivity contribution >= 4 is 5.97 Å². The maximum absolute atomic E-state index is 12.0. The Hall–Kier alpha value is -3.09. The predicted octanol–water partition coefficient (Wildman–Crippen LogP) is 5.66. The van der Waals surface area contributed by atoms with Crippen LogP contribution < -0.4 is 9.47 Å². The largest absolute Gasteiger partial charge is 0.497 e. The fourth-order valence-corrected chi connectivity index (χ4v) is 3.67. The molecule has 3 rings (SSSR count). The van der Waals surface area contributed by atoms with Crippen LogP contribution in [0.4, 0.5) is 0 Å². The molecule has 0 aromatic heterocycles. The van der Waals surface area contributed by atoms with Crippen LogP contribution in [0.15, 0.2) is 67.3 Å². The van der Waals surface area contributed by atoms with Gasteiger partial charge in [0.2, 0.25) is 5.79 Å². The number of hydrogen-bond donors (Lipinski definition) is 0. The molecule has 1 heterocycles. The maximum Gasteiger partial charge on any atom is 0.333 e. The number of methoxy groups -OCH3 is 1. The quantitative estimate of drug-likeness (QED) is 0.263. The van der Waals surface area contributed by atoms with Gasteiger partial charge < -0.3 is 23.7 Å². The van der Waals surface area contributed by atoms with Crippen molar-refractivity contribution in [2.24, 2.45) is 0 Å². The molecule has 2 atom stereocenters. The second kappa shape index (κ2) is 10.7. The first kappa shape index (κ1) is 24.6. The third kappa shape index (κ3) is 6.46. The standard InChI is InChI=1S/C27H32O6/c1-7-21(31-26(28)18(2)3)15-24-25-20(9-8-10-23(25)32-27(4,5)33-24)17-30-16-19-11-13-22(29-6)14-12-19/h7-14,21,24H,1-2,15-17H2,3-6H3. The Morgan fingerprint density at radius 1 is 1.18 bits per heavy atom. The predicted molar refractivity (Wildman–Crippen MR) is 126 cm³/mol. The van der Waals surface area contributed by atoms with Crippen molar-refractivity contribution in [3.63, 3.8) is 0 Å². The number of benzene rings is 2. The van der Waals surface area contributed by atoms with Gasteiger partial charge in [-0.05, 0) is 36.2 Å². The van der Waals surface area contributed by atoms with E-state index >= 15 is 0 Å². The second-order valence-electron chi connectivity index (χ2n) is 8.47. The third-order valence-corrected chi connectivity index (χ3v) is 5.26. The van der Waals surface area contributed by atoms with Gasteiger partial charge in [-0.3, -0.25) is 0 Å². The van der Waals surface area contributed by atoms with Crippen LogP contribution in [0.1, 0.15) is 50.0 Å². The minimum absolute atomic E-state index is 0.336. The highest BCUT2D eigenvalue weighted by Crippen LogP contribution is 2.43. The van der Waals surface area contributed by atoms with E-state index in [9.17, 15) is 4.79 Å². The fraction of sp³-hybridized carbons (Fsp3) is 0.370. The number of hydrogen-bond acceptors (Lipinski definition) is 6. The molecule has 0 fully saturated rings. The maximum atomic E-state index is 12.0. The highest BCUT2D eigenvalue weighted by Gasteiger charge is 2.37. The molecule has 176 valence electrons. The van der Waals surface area contributed by atoms with Crippen molar-refractivity contribution in [2.75, 3.05) is 7.11 Å². The summed E-state index contributed by atoms with van der Waals surface area (Å²) in [5, 5.41) is 0. The summed E-state index contributed by atoms with van der Waals surface area (Å²) in [6.07, 6.45) is 1.10. The van der Waals surface area contributed by atoms with E-state index in [1.54, 1.807) is 20.1 Å². The van der Waals surface area contributed by atoms with Gasteiger partial charge in [0.05, 0.1) is 26.4 Å². The summed E-state index contributed by atoms with van der Waals surface area (Å²) in [5.74, 6) is 0.253. The van der Waals surface area contributed by atoms with Gasteiger partial charge >= 0.3 is 5.97 Å². The van der Waals surface area contributed by atoms with Crippen LogP contribution >= 0.6 is 0 Å². The normalized spacial score (nSPS) is 17.3. The molecule has 1 aliphatic heterocycles. The molecule has 0 bridgehead atoms. The summed E-state index contributed by atoms with van der Waals surface area (Å²) in [6, 6.07) is 13.6. The van der Waals surface area contributed by atoms with Crippen molar-refractivity contribution in [3.8, 4) is 11.5 Å². The lowest BCUT2D eigenvalue weighted by Gasteiger charge is -2.39. The molecular weight excluding hydrogens is 420 g/mol. The summed E-state index contributed by atoms with van der Waals surface area (Å²) in [7, 11) is 1.64. The zero-order valence-electron chi connectivity index (χ0n) is 19.8. The summed E-state index contributed by atoms with van der Waals surface area (Å²) < 4.78 is 29.1. The molecule has 0 saturated carbocycles. The molecule has 0 radical (unpaired) electrons. The number of rotatable bonds is 10. The van der Waals surface area contributed by atoms with Gasteiger partial charge in [-0.15, -0.1) is 0 Å². The van der Waals surface area contributed by atoms with E-state index in [1.807, 2.05) is 56.3 Å². The smallest absolute Gasteiger partial charge is 0.333 e. The van der Waals surface area contributed by atoms with Gasteiger partial charge in [-0.25, -0.2) is 4.79 Å². The average molecular weight is 453 g/mol. The molecule has 6 nitrogen and oxygen atoms in total. The fourth-order valence-electron chi connectivity index (χ4n) is 3.67. The van der Waals surface area contributed by atoms with E-state index < -0.39 is 17.9 Å². The lowest BCUT2D eigenvalue weighted by atomic mass is 9.95. The van der Waals surface area contributed by atoms with E-state index in [0.717, 1.165) is 28.2 Å². The molecule has 0 amide bonds. The number of carbonyl (C=O) groups is 1. The van der Waals surface area contributed by atoms with Gasteiger partial charge in [0.1, 0.15) is 17.6 Å². The minimum atomic E-state index is -0.829. The van der Waals surface area contributed by atoms with Crippen LogP contribution in [0, 0.1) is 0 Å². The Labute approximate surface area is 195 Å². The van der Waals surface area contributed by atoms with Gasteiger partial charge in [0.15, 0.2) is 0 Å². The first-order valence-electron chi connectivity index (χ1n) is 10.9. The van der Waals surface area contributed by atoms with Crippen molar-refractivity contribution < 1.29 is 28.5 Å². The Balaban J connectivity index is 1.78. The number of fused-ring (bicyclic) bond motifs is 1. The Bertz CT molecular complexity index is 992. The molecule has 0 saturated heterocycles. The average Bonchev–Trinajstić information content (AvgIpc) is 2.78. The van der Waals surface area contributed by atoms with Crippen molar-refractivity contribution in [1.82, 2.24) is 0 Å². The topological polar surface area (TPSA) is 63.2 Å². The van der Waals surface area contributed by atoms with Gasteiger partial charge in [0, 0.05) is 31.4 Å². The number of ether oxygens (including phenoxy) is 5. The molecule has 1 aliphatic rings. The first-order chi connectivity index (χ1) is 15.7. The van der Waals surface area contributed by atoms with E-state index in [1.165, 1.54) is 0 Å². The van der Waals surface area contributed by atoms with Gasteiger partial charge in [0.25, 0.3) is 0 Å². The molecule has 2 aromatic carbocycles. The zero-order valence-corrected chi connectivity index (χ0v) is 19.8. The van der Waals surface area contributed by atoms with Crippen LogP contribution in [-0.2, 0) is 32.2 Å². The van der Waals surface area contributed by atoms with E-state index in [-0.39, 0.29) is 6.10 Å². The molecule has 0 aliphatic carbocycles. The van der Waals surface area contributed by atoms with Crippen molar-refractivity contribution in [1.29, 1.82) is 0 Å². The van der Waals surface area contributed by atoms with Crippen LogP contribution in [0.3, 0.4) is 0 Å². The van der Waals surface area contributed by atoms with Crippen LogP contribution in [0.5, 0.6) is 11.5 Å².